The Bertz CT molecular complexity index is 619. The van der Waals surface area contributed by atoms with Crippen LogP contribution >= 0.6 is 11.3 Å². The molecule has 0 bridgehead atoms. The lowest BCUT2D eigenvalue weighted by atomic mass is 9.78. The smallest absolute Gasteiger partial charge is 0.142 e. The molecule has 0 atom stereocenters. The van der Waals surface area contributed by atoms with Crippen molar-refractivity contribution in [2.24, 2.45) is 5.41 Å². The molecule has 2 saturated heterocycles. The van der Waals surface area contributed by atoms with E-state index in [-0.39, 0.29) is 0 Å². The van der Waals surface area contributed by atoms with Gasteiger partial charge in [-0.15, -0.1) is 11.3 Å². The summed E-state index contributed by atoms with van der Waals surface area (Å²) in [4.78, 5) is 11.8. The van der Waals surface area contributed by atoms with E-state index in [1.165, 1.54) is 51.1 Å². The first kappa shape index (κ1) is 14.3. The Morgan fingerprint density at radius 2 is 2.14 bits per heavy atom. The van der Waals surface area contributed by atoms with Crippen LogP contribution in [0.1, 0.15) is 25.0 Å². The van der Waals surface area contributed by atoms with Gasteiger partial charge in [0.05, 0.1) is 11.4 Å². The van der Waals surface area contributed by atoms with Crippen molar-refractivity contribution in [2.75, 3.05) is 26.2 Å². The van der Waals surface area contributed by atoms with E-state index in [1.807, 2.05) is 24.4 Å². The zero-order valence-electron chi connectivity index (χ0n) is 12.8. The highest BCUT2D eigenvalue weighted by Gasteiger charge is 2.38. The summed E-state index contributed by atoms with van der Waals surface area (Å²) in [5.74, 6) is 0. The third-order valence-electron chi connectivity index (χ3n) is 5.00. The van der Waals surface area contributed by atoms with Gasteiger partial charge in [0.15, 0.2) is 0 Å². The van der Waals surface area contributed by atoms with E-state index < -0.39 is 0 Å². The van der Waals surface area contributed by atoms with Crippen LogP contribution in [0.15, 0.2) is 29.8 Å². The highest BCUT2D eigenvalue weighted by molar-refractivity contribution is 7.13. The SMILES string of the molecule is c1ccc(-c2nc(CN3CCC4(CCNCC4)C3)cs2)nc1. The first-order valence-electron chi connectivity index (χ1n) is 8.12. The van der Waals surface area contributed by atoms with Crippen molar-refractivity contribution < 1.29 is 0 Å². The summed E-state index contributed by atoms with van der Waals surface area (Å²) in [6.07, 6.45) is 5.85. The molecule has 0 unspecified atom stereocenters. The zero-order chi connectivity index (χ0) is 14.8. The third-order valence-corrected chi connectivity index (χ3v) is 5.92. The average Bonchev–Trinajstić information content (AvgIpc) is 3.17. The molecule has 0 amide bonds. The van der Waals surface area contributed by atoms with Crippen molar-refractivity contribution in [2.45, 2.75) is 25.8 Å². The number of hydrogen-bond acceptors (Lipinski definition) is 5. The summed E-state index contributed by atoms with van der Waals surface area (Å²) in [5.41, 5.74) is 2.75. The molecule has 1 spiro atoms. The summed E-state index contributed by atoms with van der Waals surface area (Å²) in [5, 5.41) is 6.71. The van der Waals surface area contributed by atoms with Gasteiger partial charge in [0, 0.05) is 24.7 Å². The molecule has 1 N–H and O–H groups in total. The molecule has 0 aliphatic carbocycles. The summed E-state index contributed by atoms with van der Waals surface area (Å²) < 4.78 is 0. The Morgan fingerprint density at radius 1 is 1.23 bits per heavy atom. The van der Waals surface area contributed by atoms with Crippen molar-refractivity contribution in [3.8, 4) is 10.7 Å². The molecule has 0 saturated carbocycles. The fraction of sp³-hybridized carbons (Fsp3) is 0.529. The first-order chi connectivity index (χ1) is 10.8. The molecular weight excluding hydrogens is 292 g/mol. The average molecular weight is 314 g/mol. The molecule has 4 nitrogen and oxygen atoms in total. The summed E-state index contributed by atoms with van der Waals surface area (Å²) in [6.45, 7) is 5.82. The van der Waals surface area contributed by atoms with Crippen LogP contribution in [0.3, 0.4) is 0 Å². The summed E-state index contributed by atoms with van der Waals surface area (Å²) in [7, 11) is 0. The lowest BCUT2D eigenvalue weighted by Gasteiger charge is -2.33. The van der Waals surface area contributed by atoms with E-state index in [9.17, 15) is 0 Å². The topological polar surface area (TPSA) is 41.1 Å². The Hall–Kier alpha value is -1.30. The summed E-state index contributed by atoms with van der Waals surface area (Å²) in [6, 6.07) is 5.99. The number of pyridine rings is 1. The maximum Gasteiger partial charge on any atom is 0.142 e. The van der Waals surface area contributed by atoms with Crippen molar-refractivity contribution in [1.29, 1.82) is 0 Å². The number of nitrogens with one attached hydrogen (secondary N) is 1. The molecular formula is C17H22N4S. The third kappa shape index (κ3) is 2.93. The second kappa shape index (κ2) is 6.07. The van der Waals surface area contributed by atoms with Gasteiger partial charge in [-0.25, -0.2) is 4.98 Å². The second-order valence-corrected chi connectivity index (χ2v) is 7.43. The van der Waals surface area contributed by atoms with E-state index in [4.69, 9.17) is 4.98 Å². The zero-order valence-corrected chi connectivity index (χ0v) is 13.6. The number of piperidine rings is 1. The van der Waals surface area contributed by atoms with Crippen molar-refractivity contribution >= 4 is 11.3 Å². The van der Waals surface area contributed by atoms with Gasteiger partial charge >= 0.3 is 0 Å². The molecule has 4 rings (SSSR count). The predicted molar refractivity (Wildman–Crippen MR) is 89.8 cm³/mol. The number of likely N-dealkylation sites (tertiary alicyclic amines) is 1. The van der Waals surface area contributed by atoms with E-state index in [1.54, 1.807) is 11.3 Å². The van der Waals surface area contributed by atoms with Gasteiger partial charge in [0.25, 0.3) is 0 Å². The first-order valence-corrected chi connectivity index (χ1v) is 9.00. The van der Waals surface area contributed by atoms with Crippen LogP contribution in [0.2, 0.25) is 0 Å². The Kier molecular flexibility index (Phi) is 3.94. The second-order valence-electron chi connectivity index (χ2n) is 6.57. The molecule has 2 aliphatic rings. The minimum absolute atomic E-state index is 0.574. The number of hydrogen-bond donors (Lipinski definition) is 1. The number of thiazole rings is 1. The van der Waals surface area contributed by atoms with E-state index in [2.05, 4.69) is 20.6 Å². The van der Waals surface area contributed by atoms with Crippen LogP contribution < -0.4 is 5.32 Å². The Balaban J connectivity index is 1.41. The predicted octanol–water partition coefficient (Wildman–Crippen LogP) is 2.78. The maximum atomic E-state index is 4.78. The largest absolute Gasteiger partial charge is 0.317 e. The quantitative estimate of drug-likeness (QED) is 0.946. The van der Waals surface area contributed by atoms with Gasteiger partial charge in [0.1, 0.15) is 5.01 Å². The van der Waals surface area contributed by atoms with Crippen LogP contribution in [0.4, 0.5) is 0 Å². The highest BCUT2D eigenvalue weighted by Crippen LogP contribution is 2.39. The minimum atomic E-state index is 0.574. The molecule has 2 aromatic heterocycles. The van der Waals surface area contributed by atoms with Crippen LogP contribution in [0.25, 0.3) is 10.7 Å². The molecule has 2 fully saturated rings. The van der Waals surface area contributed by atoms with Gasteiger partial charge in [0.2, 0.25) is 0 Å². The van der Waals surface area contributed by atoms with E-state index in [0.29, 0.717) is 5.41 Å². The number of nitrogens with zero attached hydrogens (tertiary/aromatic N) is 3. The van der Waals surface area contributed by atoms with Gasteiger partial charge in [-0.2, -0.15) is 0 Å². The lowest BCUT2D eigenvalue weighted by molar-refractivity contribution is 0.193. The Morgan fingerprint density at radius 3 is 2.95 bits per heavy atom. The standard InChI is InChI=1S/C17H22N4S/c1-2-7-19-15(3-1)16-20-14(12-22-16)11-21-10-6-17(13-21)4-8-18-9-5-17/h1-3,7,12,18H,4-6,8-11,13H2. The fourth-order valence-corrected chi connectivity index (χ4v) is 4.53. The van der Waals surface area contributed by atoms with Crippen LogP contribution in [0, 0.1) is 5.41 Å². The minimum Gasteiger partial charge on any atom is -0.317 e. The summed E-state index contributed by atoms with van der Waals surface area (Å²) >= 11 is 1.70. The van der Waals surface area contributed by atoms with Gasteiger partial charge in [-0.05, 0) is 56.4 Å². The number of aromatic nitrogens is 2. The van der Waals surface area contributed by atoms with Gasteiger partial charge in [-0.3, -0.25) is 9.88 Å². The maximum absolute atomic E-state index is 4.78. The molecule has 0 aromatic carbocycles. The van der Waals surface area contributed by atoms with Gasteiger partial charge < -0.3 is 5.32 Å². The van der Waals surface area contributed by atoms with Crippen molar-refractivity contribution in [3.05, 3.63) is 35.5 Å². The lowest BCUT2D eigenvalue weighted by Crippen LogP contribution is -2.38. The molecule has 4 heterocycles. The molecule has 116 valence electrons. The fourth-order valence-electron chi connectivity index (χ4n) is 3.74. The van der Waals surface area contributed by atoms with Crippen LogP contribution in [0.5, 0.6) is 0 Å². The molecule has 2 aliphatic heterocycles. The van der Waals surface area contributed by atoms with Crippen molar-refractivity contribution in [1.82, 2.24) is 20.2 Å². The molecule has 2 aromatic rings. The number of rotatable bonds is 3. The van der Waals surface area contributed by atoms with Gasteiger partial charge in [-0.1, -0.05) is 6.07 Å². The van der Waals surface area contributed by atoms with Crippen LogP contribution in [-0.4, -0.2) is 41.0 Å². The monoisotopic (exact) mass is 314 g/mol. The molecule has 0 radical (unpaired) electrons. The van der Waals surface area contributed by atoms with E-state index >= 15 is 0 Å². The molecule has 5 heteroatoms. The van der Waals surface area contributed by atoms with Crippen molar-refractivity contribution in [3.63, 3.8) is 0 Å². The Labute approximate surface area is 135 Å². The normalized spacial score (nSPS) is 21.5. The molecule has 22 heavy (non-hydrogen) atoms. The van der Waals surface area contributed by atoms with E-state index in [0.717, 1.165) is 17.2 Å². The van der Waals surface area contributed by atoms with Crippen LogP contribution in [-0.2, 0) is 6.54 Å². The highest BCUT2D eigenvalue weighted by atomic mass is 32.1.